The van der Waals surface area contributed by atoms with Gasteiger partial charge < -0.3 is 10.5 Å². The van der Waals surface area contributed by atoms with E-state index >= 15 is 0 Å². The molecule has 0 saturated heterocycles. The van der Waals surface area contributed by atoms with Crippen LogP contribution in [0, 0.1) is 0 Å². The molecule has 0 atom stereocenters. The highest BCUT2D eigenvalue weighted by molar-refractivity contribution is 7.80. The van der Waals surface area contributed by atoms with E-state index in [1.54, 1.807) is 0 Å². The standard InChI is InChI=1S/C8H8F3N3O2S/c1-2-16-6(15)4-3-13-14(7(12)17)5(4)8(9,10)11/h3H,2H2,1H3,(H2,12,17). The van der Waals surface area contributed by atoms with Gasteiger partial charge in [-0.05, 0) is 19.1 Å². The number of aromatic nitrogens is 2. The van der Waals surface area contributed by atoms with Crippen molar-refractivity contribution >= 4 is 23.3 Å². The van der Waals surface area contributed by atoms with Gasteiger partial charge in [0.05, 0.1) is 12.8 Å². The van der Waals surface area contributed by atoms with E-state index in [0.29, 0.717) is 0 Å². The molecule has 0 aromatic carbocycles. The number of esters is 1. The Kier molecular flexibility index (Phi) is 3.71. The van der Waals surface area contributed by atoms with Gasteiger partial charge in [0.2, 0.25) is 0 Å². The molecular weight excluding hydrogens is 259 g/mol. The third-order valence-electron chi connectivity index (χ3n) is 1.74. The summed E-state index contributed by atoms with van der Waals surface area (Å²) in [4.78, 5) is 11.3. The number of nitrogens with two attached hydrogens (primary N) is 1. The van der Waals surface area contributed by atoms with Crippen molar-refractivity contribution in [3.8, 4) is 0 Å². The maximum absolute atomic E-state index is 12.7. The van der Waals surface area contributed by atoms with Gasteiger partial charge in [0.15, 0.2) is 10.8 Å². The normalized spacial score (nSPS) is 11.3. The van der Waals surface area contributed by atoms with Crippen LogP contribution in [-0.2, 0) is 10.9 Å². The van der Waals surface area contributed by atoms with Crippen LogP contribution < -0.4 is 5.73 Å². The zero-order chi connectivity index (χ0) is 13.2. The Morgan fingerprint density at radius 3 is 2.65 bits per heavy atom. The van der Waals surface area contributed by atoms with Crippen LogP contribution in [0.3, 0.4) is 0 Å². The fourth-order valence-electron chi connectivity index (χ4n) is 1.15. The lowest BCUT2D eigenvalue weighted by Crippen LogP contribution is -2.27. The molecule has 1 rings (SSSR count). The van der Waals surface area contributed by atoms with E-state index in [0.717, 1.165) is 6.20 Å². The molecule has 5 nitrogen and oxygen atoms in total. The van der Waals surface area contributed by atoms with Crippen molar-refractivity contribution < 1.29 is 22.7 Å². The summed E-state index contributed by atoms with van der Waals surface area (Å²) in [6, 6.07) is 0. The monoisotopic (exact) mass is 267 g/mol. The van der Waals surface area contributed by atoms with E-state index in [1.165, 1.54) is 6.92 Å². The van der Waals surface area contributed by atoms with Gasteiger partial charge in [-0.15, -0.1) is 0 Å². The Hall–Kier alpha value is -1.64. The molecule has 0 unspecified atom stereocenters. The molecule has 0 saturated carbocycles. The fraction of sp³-hybridized carbons (Fsp3) is 0.375. The van der Waals surface area contributed by atoms with Crippen molar-refractivity contribution in [2.24, 2.45) is 5.73 Å². The molecule has 0 radical (unpaired) electrons. The summed E-state index contributed by atoms with van der Waals surface area (Å²) in [7, 11) is 0. The first kappa shape index (κ1) is 13.4. The van der Waals surface area contributed by atoms with Crippen LogP contribution in [0.15, 0.2) is 6.20 Å². The zero-order valence-electron chi connectivity index (χ0n) is 8.61. The maximum Gasteiger partial charge on any atom is 0.434 e. The summed E-state index contributed by atoms with van der Waals surface area (Å²) in [5.74, 6) is -1.12. The summed E-state index contributed by atoms with van der Waals surface area (Å²) in [5.41, 5.74) is 3.03. The molecule has 0 aliphatic heterocycles. The largest absolute Gasteiger partial charge is 0.462 e. The number of nitrogens with zero attached hydrogens (tertiary/aromatic N) is 2. The second-order valence-corrected chi connectivity index (χ2v) is 3.29. The quantitative estimate of drug-likeness (QED) is 0.643. The predicted octanol–water partition coefficient (Wildman–Crippen LogP) is 1.17. The molecule has 0 bridgehead atoms. The number of carbonyl (C=O) groups excluding carboxylic acids is 1. The fourth-order valence-corrected chi connectivity index (χ4v) is 1.28. The first-order valence-electron chi connectivity index (χ1n) is 4.41. The number of alkyl halides is 3. The molecule has 2 N–H and O–H groups in total. The van der Waals surface area contributed by atoms with Gasteiger partial charge in [-0.1, -0.05) is 0 Å². The first-order valence-corrected chi connectivity index (χ1v) is 4.82. The molecule has 0 aliphatic carbocycles. The van der Waals surface area contributed by atoms with E-state index in [1.807, 2.05) is 0 Å². The molecule has 0 spiro atoms. The molecule has 0 aliphatic rings. The summed E-state index contributed by atoms with van der Waals surface area (Å²) in [5, 5.41) is 2.71. The number of halogens is 3. The average molecular weight is 267 g/mol. The minimum atomic E-state index is -4.80. The highest BCUT2D eigenvalue weighted by Crippen LogP contribution is 2.32. The van der Waals surface area contributed by atoms with Crippen LogP contribution in [0.1, 0.15) is 23.0 Å². The molecule has 1 aromatic rings. The molecule has 1 heterocycles. The van der Waals surface area contributed by atoms with E-state index in [9.17, 15) is 18.0 Å². The van der Waals surface area contributed by atoms with Crippen molar-refractivity contribution in [2.45, 2.75) is 13.1 Å². The Morgan fingerprint density at radius 1 is 1.65 bits per heavy atom. The van der Waals surface area contributed by atoms with E-state index in [4.69, 9.17) is 5.73 Å². The average Bonchev–Trinajstić information content (AvgIpc) is 2.61. The van der Waals surface area contributed by atoms with Gasteiger partial charge in [0, 0.05) is 0 Å². The van der Waals surface area contributed by atoms with Crippen LogP contribution in [0.25, 0.3) is 0 Å². The van der Waals surface area contributed by atoms with Crippen molar-refractivity contribution in [3.05, 3.63) is 17.5 Å². The minimum absolute atomic E-state index is 0.0472. The molecule has 9 heteroatoms. The highest BCUT2D eigenvalue weighted by atomic mass is 32.1. The Labute approximate surface area is 99.3 Å². The molecule has 0 fully saturated rings. The predicted molar refractivity (Wildman–Crippen MR) is 55.4 cm³/mol. The van der Waals surface area contributed by atoms with Crippen molar-refractivity contribution in [2.75, 3.05) is 6.61 Å². The second-order valence-electron chi connectivity index (χ2n) is 2.88. The topological polar surface area (TPSA) is 70.1 Å². The van der Waals surface area contributed by atoms with Gasteiger partial charge in [-0.3, -0.25) is 0 Å². The molecule has 94 valence electrons. The van der Waals surface area contributed by atoms with Crippen LogP contribution in [0.5, 0.6) is 0 Å². The molecular formula is C8H8F3N3O2S. The van der Waals surface area contributed by atoms with Crippen LogP contribution in [-0.4, -0.2) is 27.5 Å². The third kappa shape index (κ3) is 2.73. The Morgan fingerprint density at radius 2 is 2.24 bits per heavy atom. The number of carbonyl (C=O) groups is 1. The van der Waals surface area contributed by atoms with Gasteiger partial charge in [-0.25, -0.2) is 9.48 Å². The summed E-state index contributed by atoms with van der Waals surface area (Å²) in [6.07, 6.45) is -4.08. The smallest absolute Gasteiger partial charge is 0.434 e. The zero-order valence-corrected chi connectivity index (χ0v) is 9.43. The number of ether oxygens (including phenoxy) is 1. The van der Waals surface area contributed by atoms with Crippen LogP contribution >= 0.6 is 12.2 Å². The van der Waals surface area contributed by atoms with Crippen molar-refractivity contribution in [3.63, 3.8) is 0 Å². The Balaban J connectivity index is 3.33. The molecule has 0 amide bonds. The van der Waals surface area contributed by atoms with Gasteiger partial charge in [-0.2, -0.15) is 18.3 Å². The van der Waals surface area contributed by atoms with E-state index in [-0.39, 0.29) is 11.3 Å². The minimum Gasteiger partial charge on any atom is -0.462 e. The lowest BCUT2D eigenvalue weighted by molar-refractivity contribution is -0.142. The highest BCUT2D eigenvalue weighted by Gasteiger charge is 2.41. The Bertz CT molecular complexity index is 455. The number of hydrogen-bond donors (Lipinski definition) is 1. The van der Waals surface area contributed by atoms with Gasteiger partial charge >= 0.3 is 12.1 Å². The number of hydrogen-bond acceptors (Lipinski definition) is 4. The lowest BCUT2D eigenvalue weighted by atomic mass is 10.2. The summed E-state index contributed by atoms with van der Waals surface area (Å²) >= 11 is 4.41. The van der Waals surface area contributed by atoms with Crippen molar-refractivity contribution in [1.29, 1.82) is 0 Å². The number of rotatable bonds is 2. The summed E-state index contributed by atoms with van der Waals surface area (Å²) in [6.45, 7) is 1.43. The van der Waals surface area contributed by atoms with E-state index < -0.39 is 28.5 Å². The van der Waals surface area contributed by atoms with Crippen LogP contribution in [0.4, 0.5) is 13.2 Å². The van der Waals surface area contributed by atoms with Gasteiger partial charge in [0.25, 0.3) is 0 Å². The summed E-state index contributed by atoms with van der Waals surface area (Å²) < 4.78 is 42.9. The SMILES string of the molecule is CCOC(=O)c1cnn(C(N)=S)c1C(F)(F)F. The molecule has 17 heavy (non-hydrogen) atoms. The van der Waals surface area contributed by atoms with Gasteiger partial charge in [0.1, 0.15) is 5.56 Å². The third-order valence-corrected chi connectivity index (χ3v) is 1.91. The molecule has 1 aromatic heterocycles. The first-order chi connectivity index (χ1) is 7.79. The van der Waals surface area contributed by atoms with E-state index in [2.05, 4.69) is 22.1 Å². The van der Waals surface area contributed by atoms with Crippen LogP contribution in [0.2, 0.25) is 0 Å². The second kappa shape index (κ2) is 4.70. The number of thiocarbonyl (C=S) groups is 1. The van der Waals surface area contributed by atoms with Crippen molar-refractivity contribution in [1.82, 2.24) is 9.78 Å². The maximum atomic E-state index is 12.7. The lowest BCUT2D eigenvalue weighted by Gasteiger charge is -2.10.